The quantitative estimate of drug-likeness (QED) is 0.250. The summed E-state index contributed by atoms with van der Waals surface area (Å²) in [6, 6.07) is 5.96. The normalized spacial score (nSPS) is 11.2. The lowest BCUT2D eigenvalue weighted by molar-refractivity contribution is -0.384. The Morgan fingerprint density at radius 3 is 2.55 bits per heavy atom. The van der Waals surface area contributed by atoms with Gasteiger partial charge in [0, 0.05) is 17.7 Å². The van der Waals surface area contributed by atoms with E-state index in [4.69, 9.17) is 4.74 Å². The number of hydrogen-bond donors (Lipinski definition) is 0. The Kier molecular flexibility index (Phi) is 6.43. The van der Waals surface area contributed by atoms with Crippen molar-refractivity contribution in [3.05, 3.63) is 51.6 Å². The molecule has 0 spiro atoms. The van der Waals surface area contributed by atoms with E-state index in [1.165, 1.54) is 12.1 Å². The maximum atomic E-state index is 11.7. The fourth-order valence-corrected chi connectivity index (χ4v) is 1.58. The predicted octanol–water partition coefficient (Wildman–Crippen LogP) is 3.77. The van der Waals surface area contributed by atoms with Crippen LogP contribution in [0.4, 0.5) is 5.69 Å². The second kappa shape index (κ2) is 8.09. The van der Waals surface area contributed by atoms with Crippen molar-refractivity contribution in [2.24, 2.45) is 0 Å². The van der Waals surface area contributed by atoms with Crippen molar-refractivity contribution in [1.82, 2.24) is 0 Å². The molecular weight excluding hydrogens is 258 g/mol. The Bertz CT molecular complexity index is 491. The minimum Gasteiger partial charge on any atom is -0.457 e. The molecule has 0 fully saturated rings. The molecule has 0 saturated carbocycles. The van der Waals surface area contributed by atoms with Gasteiger partial charge in [0.2, 0.25) is 0 Å². The third kappa shape index (κ3) is 5.22. The van der Waals surface area contributed by atoms with Crippen LogP contribution in [0.25, 0.3) is 0 Å². The molecule has 0 amide bonds. The molecule has 1 rings (SSSR count). The zero-order valence-corrected chi connectivity index (χ0v) is 11.8. The van der Waals surface area contributed by atoms with Gasteiger partial charge in [0.15, 0.2) is 0 Å². The number of allylic oxidation sites excluding steroid dienone is 1. The number of esters is 1. The zero-order valence-electron chi connectivity index (χ0n) is 11.8. The maximum absolute atomic E-state index is 11.7. The number of benzene rings is 1. The molecule has 1 aromatic rings. The first-order valence-electron chi connectivity index (χ1n) is 6.61. The van der Waals surface area contributed by atoms with Gasteiger partial charge in [-0.3, -0.25) is 10.1 Å². The van der Waals surface area contributed by atoms with Crippen LogP contribution in [0, 0.1) is 10.1 Å². The number of nitro groups is 1. The van der Waals surface area contributed by atoms with Crippen LogP contribution in [0.3, 0.4) is 0 Å². The van der Waals surface area contributed by atoms with E-state index < -0.39 is 4.92 Å². The molecule has 20 heavy (non-hydrogen) atoms. The third-order valence-corrected chi connectivity index (χ3v) is 2.85. The van der Waals surface area contributed by atoms with Crippen LogP contribution >= 0.6 is 0 Å². The van der Waals surface area contributed by atoms with Crippen LogP contribution in [0.1, 0.15) is 38.7 Å². The topological polar surface area (TPSA) is 69.4 Å². The van der Waals surface area contributed by atoms with Crippen LogP contribution in [-0.4, -0.2) is 10.9 Å². The van der Waals surface area contributed by atoms with Crippen molar-refractivity contribution in [2.75, 3.05) is 0 Å². The summed E-state index contributed by atoms with van der Waals surface area (Å²) in [7, 11) is 0. The number of nitrogens with zero attached hydrogens (tertiary/aromatic N) is 1. The van der Waals surface area contributed by atoms with E-state index in [-0.39, 0.29) is 18.3 Å². The van der Waals surface area contributed by atoms with E-state index in [2.05, 4.69) is 6.92 Å². The highest BCUT2D eigenvalue weighted by Crippen LogP contribution is 2.13. The van der Waals surface area contributed by atoms with Crippen molar-refractivity contribution in [3.8, 4) is 0 Å². The van der Waals surface area contributed by atoms with Crippen LogP contribution in [0.15, 0.2) is 35.9 Å². The summed E-state index contributed by atoms with van der Waals surface area (Å²) in [4.78, 5) is 21.7. The van der Waals surface area contributed by atoms with Crippen LogP contribution < -0.4 is 0 Å². The van der Waals surface area contributed by atoms with Crippen molar-refractivity contribution >= 4 is 11.7 Å². The van der Waals surface area contributed by atoms with Gasteiger partial charge >= 0.3 is 5.97 Å². The minimum atomic E-state index is -0.462. The molecule has 0 aliphatic heterocycles. The Labute approximate surface area is 118 Å². The van der Waals surface area contributed by atoms with Gasteiger partial charge in [0.1, 0.15) is 6.61 Å². The largest absolute Gasteiger partial charge is 0.457 e. The third-order valence-electron chi connectivity index (χ3n) is 2.85. The summed E-state index contributed by atoms with van der Waals surface area (Å²) in [6.07, 6.45) is 4.88. The van der Waals surface area contributed by atoms with Gasteiger partial charge in [-0.1, -0.05) is 25.8 Å². The maximum Gasteiger partial charge on any atom is 0.333 e. The van der Waals surface area contributed by atoms with Gasteiger partial charge in [-0.2, -0.15) is 0 Å². The molecule has 0 aliphatic carbocycles. The SMILES string of the molecule is CCCC/C=C(/C)C(=O)OCc1ccc([N+](=O)[O-])cc1. The Balaban J connectivity index is 2.48. The van der Waals surface area contributed by atoms with Gasteiger partial charge in [0.25, 0.3) is 5.69 Å². The number of nitro benzene ring substituents is 1. The lowest BCUT2D eigenvalue weighted by atomic mass is 10.2. The van der Waals surface area contributed by atoms with Crippen molar-refractivity contribution in [2.45, 2.75) is 39.7 Å². The first-order chi connectivity index (χ1) is 9.54. The summed E-state index contributed by atoms with van der Waals surface area (Å²) in [5, 5.41) is 10.5. The van der Waals surface area contributed by atoms with Crippen molar-refractivity contribution < 1.29 is 14.5 Å². The molecule has 0 heterocycles. The van der Waals surface area contributed by atoms with E-state index in [9.17, 15) is 14.9 Å². The number of ether oxygens (including phenoxy) is 1. The van der Waals surface area contributed by atoms with Crippen LogP contribution in [0.2, 0.25) is 0 Å². The minimum absolute atomic E-state index is 0.0238. The smallest absolute Gasteiger partial charge is 0.333 e. The summed E-state index contributed by atoms with van der Waals surface area (Å²) in [6.45, 7) is 3.94. The first kappa shape index (κ1) is 15.9. The standard InChI is InChI=1S/C15H19NO4/c1-3-4-5-6-12(2)15(17)20-11-13-7-9-14(10-8-13)16(18)19/h6-10H,3-5,11H2,1-2H3/b12-6-. The number of unbranched alkanes of at least 4 members (excludes halogenated alkanes) is 2. The van der Waals surface area contributed by atoms with E-state index in [1.807, 2.05) is 6.08 Å². The molecule has 0 aliphatic rings. The first-order valence-corrected chi connectivity index (χ1v) is 6.61. The highest BCUT2D eigenvalue weighted by molar-refractivity contribution is 5.87. The van der Waals surface area contributed by atoms with Gasteiger partial charge in [0.05, 0.1) is 4.92 Å². The average molecular weight is 277 g/mol. The zero-order chi connectivity index (χ0) is 15.0. The number of carbonyl (C=O) groups excluding carboxylic acids is 1. The molecular formula is C15H19NO4. The highest BCUT2D eigenvalue weighted by Gasteiger charge is 2.07. The second-order valence-corrected chi connectivity index (χ2v) is 4.53. The van der Waals surface area contributed by atoms with E-state index in [1.54, 1.807) is 19.1 Å². The summed E-state index contributed by atoms with van der Waals surface area (Å²) < 4.78 is 5.14. The number of rotatable bonds is 7. The van der Waals surface area contributed by atoms with Crippen molar-refractivity contribution in [1.29, 1.82) is 0 Å². The molecule has 0 N–H and O–H groups in total. The fourth-order valence-electron chi connectivity index (χ4n) is 1.58. The average Bonchev–Trinajstić information content (AvgIpc) is 2.45. The molecule has 0 atom stereocenters. The molecule has 5 nitrogen and oxygen atoms in total. The number of non-ortho nitro benzene ring substituents is 1. The van der Waals surface area contributed by atoms with Gasteiger partial charge < -0.3 is 4.74 Å². The Morgan fingerprint density at radius 1 is 1.35 bits per heavy atom. The molecule has 108 valence electrons. The fraction of sp³-hybridized carbons (Fsp3) is 0.400. The monoisotopic (exact) mass is 277 g/mol. The number of hydrogen-bond acceptors (Lipinski definition) is 4. The molecule has 0 radical (unpaired) electrons. The molecule has 0 saturated heterocycles. The lowest BCUT2D eigenvalue weighted by Crippen LogP contribution is -2.06. The Hall–Kier alpha value is -2.17. The molecule has 5 heteroatoms. The lowest BCUT2D eigenvalue weighted by Gasteiger charge is -2.05. The van der Waals surface area contributed by atoms with Crippen LogP contribution in [-0.2, 0) is 16.1 Å². The van der Waals surface area contributed by atoms with E-state index >= 15 is 0 Å². The summed E-state index contributed by atoms with van der Waals surface area (Å²) in [5.41, 5.74) is 1.35. The predicted molar refractivity (Wildman–Crippen MR) is 76.2 cm³/mol. The van der Waals surface area contributed by atoms with E-state index in [0.717, 1.165) is 24.8 Å². The summed E-state index contributed by atoms with van der Waals surface area (Å²) >= 11 is 0. The molecule has 0 aromatic heterocycles. The second-order valence-electron chi connectivity index (χ2n) is 4.53. The summed E-state index contributed by atoms with van der Waals surface area (Å²) in [5.74, 6) is -0.348. The van der Waals surface area contributed by atoms with Crippen LogP contribution in [0.5, 0.6) is 0 Å². The van der Waals surface area contributed by atoms with Gasteiger partial charge in [-0.05, 0) is 31.0 Å². The molecule has 0 bridgehead atoms. The van der Waals surface area contributed by atoms with E-state index in [0.29, 0.717) is 5.57 Å². The number of carbonyl (C=O) groups is 1. The molecule has 1 aromatic carbocycles. The van der Waals surface area contributed by atoms with Crippen molar-refractivity contribution in [3.63, 3.8) is 0 Å². The van der Waals surface area contributed by atoms with Gasteiger partial charge in [-0.25, -0.2) is 4.79 Å². The molecule has 0 unspecified atom stereocenters. The Morgan fingerprint density at radius 2 is 2.00 bits per heavy atom. The van der Waals surface area contributed by atoms with Gasteiger partial charge in [-0.15, -0.1) is 0 Å². The highest BCUT2D eigenvalue weighted by atomic mass is 16.6.